The van der Waals surface area contributed by atoms with Crippen LogP contribution in [0, 0.1) is 10.1 Å². The minimum absolute atomic E-state index is 0.0213. The van der Waals surface area contributed by atoms with Gasteiger partial charge >= 0.3 is 5.97 Å². The first-order chi connectivity index (χ1) is 10.9. The summed E-state index contributed by atoms with van der Waals surface area (Å²) in [6, 6.07) is 3.90. The number of carbonyl (C=O) groups is 2. The standard InChI is InChI=1S/C13H15N3O6S/c1-21-10-7-8(16(19)20)3-4-9(10)14-13(23)15-11(17)5-6-12(18)22-2/h3-4,7H,5-6H2,1-2H3,(H2,14,15,17,23). The van der Waals surface area contributed by atoms with Gasteiger partial charge in [-0.25, -0.2) is 0 Å². The Morgan fingerprint density at radius 3 is 2.57 bits per heavy atom. The molecule has 0 unspecified atom stereocenters. The Morgan fingerprint density at radius 2 is 2.00 bits per heavy atom. The molecule has 0 radical (unpaired) electrons. The summed E-state index contributed by atoms with van der Waals surface area (Å²) in [6.07, 6.45) is -0.141. The van der Waals surface area contributed by atoms with Crippen LogP contribution in [0.25, 0.3) is 0 Å². The predicted octanol–water partition coefficient (Wildman–Crippen LogP) is 1.37. The van der Waals surface area contributed by atoms with Gasteiger partial charge in [-0.05, 0) is 18.3 Å². The number of benzene rings is 1. The molecule has 2 N–H and O–H groups in total. The van der Waals surface area contributed by atoms with Crippen LogP contribution in [0.4, 0.5) is 11.4 Å². The second-order valence-corrected chi connectivity index (χ2v) is 4.63. The van der Waals surface area contributed by atoms with E-state index in [-0.39, 0.29) is 29.4 Å². The van der Waals surface area contributed by atoms with Crippen molar-refractivity contribution in [3.8, 4) is 5.75 Å². The SMILES string of the molecule is COC(=O)CCC(=O)NC(=S)Nc1ccc([N+](=O)[O-])cc1OC. The lowest BCUT2D eigenvalue weighted by atomic mass is 10.2. The van der Waals surface area contributed by atoms with E-state index in [1.165, 1.54) is 32.4 Å². The second kappa shape index (κ2) is 8.63. The molecule has 0 fully saturated rings. The number of non-ortho nitro benzene ring substituents is 1. The highest BCUT2D eigenvalue weighted by molar-refractivity contribution is 7.80. The van der Waals surface area contributed by atoms with E-state index in [0.717, 1.165) is 0 Å². The Labute approximate surface area is 137 Å². The van der Waals surface area contributed by atoms with Gasteiger partial charge in [-0.15, -0.1) is 0 Å². The quantitative estimate of drug-likeness (QED) is 0.344. The topological polar surface area (TPSA) is 120 Å². The molecule has 0 aliphatic carbocycles. The van der Waals surface area contributed by atoms with E-state index in [1.54, 1.807) is 0 Å². The van der Waals surface area contributed by atoms with Crippen molar-refractivity contribution in [1.82, 2.24) is 5.32 Å². The van der Waals surface area contributed by atoms with Gasteiger partial charge in [0.1, 0.15) is 5.75 Å². The third-order valence-electron chi connectivity index (χ3n) is 2.68. The molecule has 0 bridgehead atoms. The number of rotatable bonds is 6. The molecule has 1 aromatic rings. The van der Waals surface area contributed by atoms with Gasteiger partial charge < -0.3 is 20.1 Å². The maximum Gasteiger partial charge on any atom is 0.306 e. The number of nitrogens with one attached hydrogen (secondary N) is 2. The Bertz CT molecular complexity index is 634. The van der Waals surface area contributed by atoms with Crippen molar-refractivity contribution >= 4 is 40.6 Å². The Morgan fingerprint density at radius 1 is 1.30 bits per heavy atom. The van der Waals surface area contributed by atoms with Crippen LogP contribution in [0.3, 0.4) is 0 Å². The number of thiocarbonyl (C=S) groups is 1. The van der Waals surface area contributed by atoms with Crippen LogP contribution >= 0.6 is 12.2 Å². The van der Waals surface area contributed by atoms with E-state index in [0.29, 0.717) is 5.69 Å². The van der Waals surface area contributed by atoms with Crippen LogP contribution in [0.1, 0.15) is 12.8 Å². The number of nitro groups is 1. The van der Waals surface area contributed by atoms with Crippen LogP contribution in [-0.2, 0) is 14.3 Å². The molecule has 0 aliphatic heterocycles. The molecule has 10 heteroatoms. The van der Waals surface area contributed by atoms with Crippen LogP contribution in [0.2, 0.25) is 0 Å². The highest BCUT2D eigenvalue weighted by Gasteiger charge is 2.13. The molecule has 9 nitrogen and oxygen atoms in total. The highest BCUT2D eigenvalue weighted by atomic mass is 32.1. The first-order valence-electron chi connectivity index (χ1n) is 6.37. The maximum atomic E-state index is 11.6. The van der Waals surface area contributed by atoms with Gasteiger partial charge in [0.15, 0.2) is 5.11 Å². The monoisotopic (exact) mass is 341 g/mol. The molecule has 0 atom stereocenters. The van der Waals surface area contributed by atoms with Gasteiger partial charge in [0.25, 0.3) is 5.69 Å². The fourth-order valence-electron chi connectivity index (χ4n) is 1.56. The molecular formula is C13H15N3O6S. The summed E-state index contributed by atoms with van der Waals surface area (Å²) in [5.41, 5.74) is 0.219. The van der Waals surface area contributed by atoms with Crippen LogP contribution < -0.4 is 15.4 Å². The average Bonchev–Trinajstić information content (AvgIpc) is 2.52. The summed E-state index contributed by atoms with van der Waals surface area (Å²) in [4.78, 5) is 32.7. The third kappa shape index (κ3) is 5.87. The lowest BCUT2D eigenvalue weighted by Crippen LogP contribution is -2.34. The zero-order valence-electron chi connectivity index (χ0n) is 12.5. The summed E-state index contributed by atoms with van der Waals surface area (Å²) < 4.78 is 9.46. The van der Waals surface area contributed by atoms with Crippen molar-refractivity contribution in [2.45, 2.75) is 12.8 Å². The van der Waals surface area contributed by atoms with Gasteiger partial charge in [-0.3, -0.25) is 19.7 Å². The Kier molecular flexibility index (Phi) is 6.87. The van der Waals surface area contributed by atoms with Crippen molar-refractivity contribution in [3.05, 3.63) is 28.3 Å². The molecule has 23 heavy (non-hydrogen) atoms. The van der Waals surface area contributed by atoms with Gasteiger partial charge in [0, 0.05) is 12.5 Å². The maximum absolute atomic E-state index is 11.6. The van der Waals surface area contributed by atoms with E-state index in [9.17, 15) is 19.7 Å². The van der Waals surface area contributed by atoms with E-state index in [1.807, 2.05) is 0 Å². The first-order valence-corrected chi connectivity index (χ1v) is 6.78. The number of nitrogens with zero attached hydrogens (tertiary/aromatic N) is 1. The molecule has 0 saturated heterocycles. The number of anilines is 1. The fraction of sp³-hybridized carbons (Fsp3) is 0.308. The number of hydrogen-bond donors (Lipinski definition) is 2. The molecular weight excluding hydrogens is 326 g/mol. The number of nitro benzene ring substituents is 1. The summed E-state index contributed by atoms with van der Waals surface area (Å²) in [5, 5.41) is 15.8. The summed E-state index contributed by atoms with van der Waals surface area (Å²) >= 11 is 4.96. The number of hydrogen-bond acceptors (Lipinski definition) is 7. The minimum atomic E-state index is -0.556. The van der Waals surface area contributed by atoms with E-state index in [4.69, 9.17) is 17.0 Å². The number of ether oxygens (including phenoxy) is 2. The Balaban J connectivity index is 2.65. The predicted molar refractivity (Wildman–Crippen MR) is 85.3 cm³/mol. The zero-order chi connectivity index (χ0) is 17.4. The summed E-state index contributed by atoms with van der Waals surface area (Å²) in [6.45, 7) is 0. The third-order valence-corrected chi connectivity index (χ3v) is 2.89. The smallest absolute Gasteiger partial charge is 0.306 e. The molecule has 0 saturated carbocycles. The van der Waals surface area contributed by atoms with Crippen molar-refractivity contribution in [3.63, 3.8) is 0 Å². The highest BCUT2D eigenvalue weighted by Crippen LogP contribution is 2.28. The van der Waals surface area contributed by atoms with Crippen molar-refractivity contribution < 1.29 is 24.0 Å². The number of esters is 1. The molecule has 0 aromatic heterocycles. The molecule has 1 aromatic carbocycles. The van der Waals surface area contributed by atoms with Crippen molar-refractivity contribution in [2.24, 2.45) is 0 Å². The van der Waals surface area contributed by atoms with E-state index in [2.05, 4.69) is 15.4 Å². The molecule has 1 rings (SSSR count). The fourth-order valence-corrected chi connectivity index (χ4v) is 1.78. The number of amides is 1. The second-order valence-electron chi connectivity index (χ2n) is 4.22. The number of methoxy groups -OCH3 is 2. The molecule has 1 amide bonds. The molecule has 0 aliphatic rings. The van der Waals surface area contributed by atoms with Crippen LogP contribution in [-0.4, -0.2) is 36.1 Å². The normalized spacial score (nSPS) is 9.65. The summed E-state index contributed by atoms with van der Waals surface area (Å²) in [7, 11) is 2.58. The average molecular weight is 341 g/mol. The van der Waals surface area contributed by atoms with Crippen LogP contribution in [0.15, 0.2) is 18.2 Å². The lowest BCUT2D eigenvalue weighted by molar-refractivity contribution is -0.384. The first kappa shape index (κ1) is 18.3. The van der Waals surface area contributed by atoms with Crippen LogP contribution in [0.5, 0.6) is 5.75 Å². The van der Waals surface area contributed by atoms with Gasteiger partial charge in [0.2, 0.25) is 5.91 Å². The van der Waals surface area contributed by atoms with E-state index >= 15 is 0 Å². The van der Waals surface area contributed by atoms with E-state index < -0.39 is 16.8 Å². The number of carbonyl (C=O) groups excluding carboxylic acids is 2. The molecule has 0 spiro atoms. The Hall–Kier alpha value is -2.75. The molecule has 0 heterocycles. The minimum Gasteiger partial charge on any atom is -0.494 e. The zero-order valence-corrected chi connectivity index (χ0v) is 13.3. The lowest BCUT2D eigenvalue weighted by Gasteiger charge is -2.12. The van der Waals surface area contributed by atoms with Gasteiger partial charge in [-0.2, -0.15) is 0 Å². The van der Waals surface area contributed by atoms with Crippen molar-refractivity contribution in [2.75, 3.05) is 19.5 Å². The summed E-state index contributed by atoms with van der Waals surface area (Å²) in [5.74, 6) is -0.768. The van der Waals surface area contributed by atoms with Gasteiger partial charge in [-0.1, -0.05) is 0 Å². The van der Waals surface area contributed by atoms with Gasteiger partial charge in [0.05, 0.1) is 37.3 Å². The molecule has 124 valence electrons. The van der Waals surface area contributed by atoms with Crippen molar-refractivity contribution in [1.29, 1.82) is 0 Å². The largest absolute Gasteiger partial charge is 0.494 e.